The molecule has 1 heterocycles. The van der Waals surface area contributed by atoms with E-state index < -0.39 is 0 Å². The van der Waals surface area contributed by atoms with Gasteiger partial charge in [0.05, 0.1) is 11.3 Å². The summed E-state index contributed by atoms with van der Waals surface area (Å²) in [6.45, 7) is 1.92. The fourth-order valence-electron chi connectivity index (χ4n) is 1.95. The van der Waals surface area contributed by atoms with Crippen LogP contribution in [0.4, 0.5) is 0 Å². The number of ether oxygens (including phenoxy) is 1. The fraction of sp³-hybridized carbons (Fsp3) is 0.0625. The van der Waals surface area contributed by atoms with Gasteiger partial charge in [-0.15, -0.1) is 5.10 Å². The molecular formula is C16H13N3O2. The maximum Gasteiger partial charge on any atom is 0.341 e. The second kappa shape index (κ2) is 5.58. The van der Waals surface area contributed by atoms with E-state index in [9.17, 15) is 4.79 Å². The van der Waals surface area contributed by atoms with E-state index in [-0.39, 0.29) is 6.01 Å². The summed E-state index contributed by atoms with van der Waals surface area (Å²) in [6, 6.07) is 15.2. The number of carbonyl (C=O) groups excluding carboxylic acids is 1. The van der Waals surface area contributed by atoms with Crippen molar-refractivity contribution in [3.8, 4) is 17.4 Å². The van der Waals surface area contributed by atoms with Crippen LogP contribution >= 0.6 is 0 Å². The molecule has 0 saturated heterocycles. The zero-order valence-corrected chi connectivity index (χ0v) is 11.4. The first-order valence-corrected chi connectivity index (χ1v) is 6.47. The first-order valence-electron chi connectivity index (χ1n) is 6.47. The molecule has 0 fully saturated rings. The van der Waals surface area contributed by atoms with Crippen LogP contribution in [-0.2, 0) is 0 Å². The summed E-state index contributed by atoms with van der Waals surface area (Å²) in [4.78, 5) is 15.2. The van der Waals surface area contributed by atoms with E-state index in [0.717, 1.165) is 17.5 Å². The molecule has 0 unspecified atom stereocenters. The maximum absolute atomic E-state index is 11.1. The molecule has 0 aliphatic heterocycles. The van der Waals surface area contributed by atoms with Gasteiger partial charge in [-0.2, -0.15) is 4.98 Å². The van der Waals surface area contributed by atoms with Gasteiger partial charge in [-0.05, 0) is 31.2 Å². The van der Waals surface area contributed by atoms with Gasteiger partial charge in [0.1, 0.15) is 12.1 Å². The number of benzene rings is 2. The third-order valence-electron chi connectivity index (χ3n) is 2.99. The lowest BCUT2D eigenvalue weighted by molar-refractivity contribution is 0.112. The van der Waals surface area contributed by atoms with Crippen molar-refractivity contribution in [3.05, 3.63) is 66.0 Å². The summed E-state index contributed by atoms with van der Waals surface area (Å²) >= 11 is 0. The molecule has 0 bridgehead atoms. The van der Waals surface area contributed by atoms with Crippen LogP contribution in [0, 0.1) is 6.92 Å². The fourth-order valence-corrected chi connectivity index (χ4v) is 1.95. The summed E-state index contributed by atoms with van der Waals surface area (Å²) in [6.07, 6.45) is 2.33. The number of aryl methyl sites for hydroxylation is 1. The standard InChI is InChI=1S/C16H13N3O2/c1-12-7-8-15(13(9-12)10-20)21-16-17-11-19(18-16)14-5-3-2-4-6-14/h2-11H,1H3. The van der Waals surface area contributed by atoms with Gasteiger partial charge >= 0.3 is 6.01 Å². The smallest absolute Gasteiger partial charge is 0.341 e. The minimum absolute atomic E-state index is 0.200. The van der Waals surface area contributed by atoms with Gasteiger partial charge in [0, 0.05) is 0 Å². The Balaban J connectivity index is 1.87. The van der Waals surface area contributed by atoms with Crippen LogP contribution in [0.15, 0.2) is 54.9 Å². The lowest BCUT2D eigenvalue weighted by Crippen LogP contribution is -1.96. The van der Waals surface area contributed by atoms with E-state index in [4.69, 9.17) is 4.74 Å². The van der Waals surface area contributed by atoms with Gasteiger partial charge in [-0.25, -0.2) is 4.68 Å². The van der Waals surface area contributed by atoms with Gasteiger partial charge in [-0.3, -0.25) is 4.79 Å². The van der Waals surface area contributed by atoms with Crippen molar-refractivity contribution in [1.29, 1.82) is 0 Å². The minimum atomic E-state index is 0.200. The lowest BCUT2D eigenvalue weighted by atomic mass is 10.1. The molecule has 0 aliphatic carbocycles. The summed E-state index contributed by atoms with van der Waals surface area (Å²) in [7, 11) is 0. The molecule has 0 N–H and O–H groups in total. The van der Waals surface area contributed by atoms with Gasteiger partial charge in [0.15, 0.2) is 6.29 Å². The van der Waals surface area contributed by atoms with Gasteiger partial charge in [0.25, 0.3) is 0 Å². The van der Waals surface area contributed by atoms with Crippen molar-refractivity contribution in [2.45, 2.75) is 6.92 Å². The molecule has 21 heavy (non-hydrogen) atoms. The van der Waals surface area contributed by atoms with Gasteiger partial charge in [0.2, 0.25) is 0 Å². The van der Waals surface area contributed by atoms with E-state index in [1.807, 2.05) is 43.3 Å². The maximum atomic E-state index is 11.1. The average Bonchev–Trinajstić information content (AvgIpc) is 2.98. The largest absolute Gasteiger partial charge is 0.422 e. The van der Waals surface area contributed by atoms with Crippen LogP contribution < -0.4 is 4.74 Å². The topological polar surface area (TPSA) is 57.0 Å². The van der Waals surface area contributed by atoms with Gasteiger partial charge in [-0.1, -0.05) is 29.8 Å². The Hall–Kier alpha value is -2.95. The molecule has 0 saturated carbocycles. The Morgan fingerprint density at radius 1 is 1.14 bits per heavy atom. The van der Waals surface area contributed by atoms with Crippen LogP contribution in [-0.4, -0.2) is 21.1 Å². The highest BCUT2D eigenvalue weighted by Crippen LogP contribution is 2.23. The van der Waals surface area contributed by atoms with Crippen molar-refractivity contribution < 1.29 is 9.53 Å². The second-order valence-corrected chi connectivity index (χ2v) is 4.57. The molecule has 3 aromatic rings. The number of carbonyl (C=O) groups is 1. The number of nitrogens with zero attached hydrogens (tertiary/aromatic N) is 3. The van der Waals surface area contributed by atoms with Crippen molar-refractivity contribution in [1.82, 2.24) is 14.8 Å². The summed E-state index contributed by atoms with van der Waals surface area (Å²) < 4.78 is 7.20. The summed E-state index contributed by atoms with van der Waals surface area (Å²) in [5.74, 6) is 0.446. The highest BCUT2D eigenvalue weighted by Gasteiger charge is 2.08. The number of rotatable bonds is 4. The Morgan fingerprint density at radius 3 is 2.71 bits per heavy atom. The van der Waals surface area contributed by atoms with E-state index in [1.54, 1.807) is 23.1 Å². The molecule has 0 spiro atoms. The number of aldehydes is 1. The molecule has 2 aromatic carbocycles. The molecule has 3 rings (SSSR count). The van der Waals surface area contributed by atoms with E-state index >= 15 is 0 Å². The Morgan fingerprint density at radius 2 is 1.95 bits per heavy atom. The zero-order chi connectivity index (χ0) is 14.7. The van der Waals surface area contributed by atoms with Crippen molar-refractivity contribution in [2.75, 3.05) is 0 Å². The third kappa shape index (κ3) is 2.81. The van der Waals surface area contributed by atoms with Gasteiger partial charge < -0.3 is 4.74 Å². The Kier molecular flexibility index (Phi) is 3.47. The monoisotopic (exact) mass is 279 g/mol. The zero-order valence-electron chi connectivity index (χ0n) is 11.4. The van der Waals surface area contributed by atoms with Crippen LogP contribution in [0.25, 0.3) is 5.69 Å². The second-order valence-electron chi connectivity index (χ2n) is 4.57. The Labute approximate surface area is 121 Å². The van der Waals surface area contributed by atoms with E-state index in [0.29, 0.717) is 11.3 Å². The molecule has 5 nitrogen and oxygen atoms in total. The van der Waals surface area contributed by atoms with E-state index in [1.165, 1.54) is 0 Å². The molecule has 104 valence electrons. The Bertz CT molecular complexity index is 766. The van der Waals surface area contributed by atoms with Crippen molar-refractivity contribution >= 4 is 6.29 Å². The van der Waals surface area contributed by atoms with Crippen LogP contribution in [0.2, 0.25) is 0 Å². The predicted molar refractivity (Wildman–Crippen MR) is 78.0 cm³/mol. The van der Waals surface area contributed by atoms with Crippen molar-refractivity contribution in [2.24, 2.45) is 0 Å². The minimum Gasteiger partial charge on any atom is -0.422 e. The normalized spacial score (nSPS) is 10.3. The molecule has 0 atom stereocenters. The molecule has 1 aromatic heterocycles. The summed E-state index contributed by atoms with van der Waals surface area (Å²) in [5.41, 5.74) is 2.36. The average molecular weight is 279 g/mol. The SMILES string of the molecule is Cc1ccc(Oc2ncn(-c3ccccc3)n2)c(C=O)c1. The van der Waals surface area contributed by atoms with Crippen LogP contribution in [0.5, 0.6) is 11.8 Å². The first-order chi connectivity index (χ1) is 10.3. The number of para-hydroxylation sites is 1. The molecule has 0 aliphatic rings. The highest BCUT2D eigenvalue weighted by atomic mass is 16.5. The van der Waals surface area contributed by atoms with Crippen LogP contribution in [0.3, 0.4) is 0 Å². The number of hydrogen-bond donors (Lipinski definition) is 0. The lowest BCUT2D eigenvalue weighted by Gasteiger charge is -2.04. The van der Waals surface area contributed by atoms with Crippen molar-refractivity contribution in [3.63, 3.8) is 0 Å². The quantitative estimate of drug-likeness (QED) is 0.688. The predicted octanol–water partition coefficient (Wildman–Crippen LogP) is 3.18. The number of hydrogen-bond acceptors (Lipinski definition) is 4. The first kappa shape index (κ1) is 13.1. The summed E-state index contributed by atoms with van der Waals surface area (Å²) in [5, 5.41) is 4.24. The van der Waals surface area contributed by atoms with Crippen LogP contribution in [0.1, 0.15) is 15.9 Å². The molecule has 5 heteroatoms. The molecule has 0 amide bonds. The van der Waals surface area contributed by atoms with E-state index in [2.05, 4.69) is 10.1 Å². The third-order valence-corrected chi connectivity index (χ3v) is 2.99. The molecule has 0 radical (unpaired) electrons. The highest BCUT2D eigenvalue weighted by molar-refractivity contribution is 5.79. The number of aromatic nitrogens is 3. The molecular weight excluding hydrogens is 266 g/mol.